The van der Waals surface area contributed by atoms with Gasteiger partial charge in [-0.25, -0.2) is 8.42 Å². The SMILES string of the molecule is CCc1ccc(NS(=O)(=O)Cc2ccc(CN)cc2)cc1. The summed E-state index contributed by atoms with van der Waals surface area (Å²) in [6, 6.07) is 14.7. The van der Waals surface area contributed by atoms with Crippen LogP contribution in [0.1, 0.15) is 23.6 Å². The van der Waals surface area contributed by atoms with Gasteiger partial charge in [-0.2, -0.15) is 0 Å². The molecule has 3 N–H and O–H groups in total. The Bertz CT molecular complexity index is 622. The van der Waals surface area contributed by atoms with Crippen molar-refractivity contribution in [1.82, 2.24) is 0 Å². The Hall–Kier alpha value is -1.85. The Morgan fingerprint density at radius 3 is 1.95 bits per heavy atom. The van der Waals surface area contributed by atoms with E-state index in [1.165, 1.54) is 5.56 Å². The molecular formula is C16H20N2O2S. The van der Waals surface area contributed by atoms with Crippen LogP contribution in [0.5, 0.6) is 0 Å². The molecule has 0 amide bonds. The van der Waals surface area contributed by atoms with Crippen molar-refractivity contribution in [3.05, 3.63) is 65.2 Å². The molecule has 0 aromatic heterocycles. The van der Waals surface area contributed by atoms with Crippen molar-refractivity contribution < 1.29 is 8.42 Å². The van der Waals surface area contributed by atoms with Crippen molar-refractivity contribution >= 4 is 15.7 Å². The number of aryl methyl sites for hydroxylation is 1. The van der Waals surface area contributed by atoms with E-state index in [2.05, 4.69) is 11.6 Å². The number of nitrogens with one attached hydrogen (secondary N) is 1. The van der Waals surface area contributed by atoms with Gasteiger partial charge >= 0.3 is 0 Å². The zero-order valence-electron chi connectivity index (χ0n) is 12.0. The Balaban J connectivity index is 2.06. The minimum Gasteiger partial charge on any atom is -0.326 e. The lowest BCUT2D eigenvalue weighted by Gasteiger charge is -2.09. The largest absolute Gasteiger partial charge is 0.326 e. The molecule has 0 unspecified atom stereocenters. The minimum atomic E-state index is -3.41. The van der Waals surface area contributed by atoms with Crippen LogP contribution in [0.25, 0.3) is 0 Å². The second kappa shape index (κ2) is 6.74. The van der Waals surface area contributed by atoms with Gasteiger partial charge in [-0.15, -0.1) is 0 Å². The van der Waals surface area contributed by atoms with Crippen LogP contribution in [-0.4, -0.2) is 8.42 Å². The van der Waals surface area contributed by atoms with E-state index in [1.54, 1.807) is 24.3 Å². The first-order valence-electron chi connectivity index (χ1n) is 6.89. The Morgan fingerprint density at radius 2 is 1.43 bits per heavy atom. The van der Waals surface area contributed by atoms with Gasteiger partial charge in [0.2, 0.25) is 10.0 Å². The molecule has 0 saturated heterocycles. The zero-order valence-corrected chi connectivity index (χ0v) is 12.9. The molecule has 0 spiro atoms. The molecule has 0 bridgehead atoms. The Kier molecular flexibility index (Phi) is 4.98. The van der Waals surface area contributed by atoms with E-state index < -0.39 is 10.0 Å². The van der Waals surface area contributed by atoms with Gasteiger partial charge in [0.05, 0.1) is 5.75 Å². The Labute approximate surface area is 126 Å². The van der Waals surface area contributed by atoms with Crippen LogP contribution < -0.4 is 10.5 Å². The first-order valence-corrected chi connectivity index (χ1v) is 8.55. The molecule has 0 radical (unpaired) electrons. The fraction of sp³-hybridized carbons (Fsp3) is 0.250. The van der Waals surface area contributed by atoms with Crippen molar-refractivity contribution in [1.29, 1.82) is 0 Å². The summed E-state index contributed by atoms with van der Waals surface area (Å²) in [5.41, 5.74) is 9.01. The third-order valence-electron chi connectivity index (χ3n) is 3.25. The lowest BCUT2D eigenvalue weighted by molar-refractivity contribution is 0.600. The summed E-state index contributed by atoms with van der Waals surface area (Å²) >= 11 is 0. The third kappa shape index (κ3) is 4.58. The molecule has 0 saturated carbocycles. The summed E-state index contributed by atoms with van der Waals surface area (Å²) < 4.78 is 26.9. The molecule has 2 aromatic rings. The highest BCUT2D eigenvalue weighted by Crippen LogP contribution is 2.14. The third-order valence-corrected chi connectivity index (χ3v) is 4.51. The molecule has 2 rings (SSSR count). The van der Waals surface area contributed by atoms with E-state index in [4.69, 9.17) is 5.73 Å². The van der Waals surface area contributed by atoms with Gasteiger partial charge in [0.15, 0.2) is 0 Å². The van der Waals surface area contributed by atoms with Crippen molar-refractivity contribution in [3.63, 3.8) is 0 Å². The van der Waals surface area contributed by atoms with Crippen LogP contribution in [-0.2, 0) is 28.7 Å². The van der Waals surface area contributed by atoms with Gasteiger partial charge in [-0.3, -0.25) is 4.72 Å². The number of sulfonamides is 1. The molecule has 2 aromatic carbocycles. The number of anilines is 1. The van der Waals surface area contributed by atoms with E-state index in [9.17, 15) is 8.42 Å². The lowest BCUT2D eigenvalue weighted by Crippen LogP contribution is -2.15. The summed E-state index contributed by atoms with van der Waals surface area (Å²) in [5, 5.41) is 0. The second-order valence-corrected chi connectivity index (χ2v) is 6.65. The average Bonchev–Trinajstić information content (AvgIpc) is 2.48. The summed E-state index contributed by atoms with van der Waals surface area (Å²) in [6.07, 6.45) is 0.931. The monoisotopic (exact) mass is 304 g/mol. The van der Waals surface area contributed by atoms with Crippen molar-refractivity contribution in [3.8, 4) is 0 Å². The molecule has 21 heavy (non-hydrogen) atoms. The summed E-state index contributed by atoms with van der Waals surface area (Å²) in [6.45, 7) is 2.51. The van der Waals surface area contributed by atoms with E-state index in [0.29, 0.717) is 12.2 Å². The summed E-state index contributed by atoms with van der Waals surface area (Å²) in [7, 11) is -3.41. The lowest BCUT2D eigenvalue weighted by atomic mass is 10.1. The number of benzene rings is 2. The van der Waals surface area contributed by atoms with Gasteiger partial charge in [0.25, 0.3) is 0 Å². The van der Waals surface area contributed by atoms with Crippen molar-refractivity contribution in [2.75, 3.05) is 4.72 Å². The molecule has 112 valence electrons. The summed E-state index contributed by atoms with van der Waals surface area (Å²) in [4.78, 5) is 0. The highest BCUT2D eigenvalue weighted by Gasteiger charge is 2.11. The maximum Gasteiger partial charge on any atom is 0.236 e. The van der Waals surface area contributed by atoms with Crippen molar-refractivity contribution in [2.45, 2.75) is 25.6 Å². The van der Waals surface area contributed by atoms with Crippen molar-refractivity contribution in [2.24, 2.45) is 5.73 Å². The Morgan fingerprint density at radius 1 is 0.905 bits per heavy atom. The number of hydrogen-bond donors (Lipinski definition) is 2. The van der Waals surface area contributed by atoms with Crippen LogP contribution in [0.3, 0.4) is 0 Å². The second-order valence-electron chi connectivity index (χ2n) is 4.93. The first kappa shape index (κ1) is 15.5. The molecule has 0 aliphatic rings. The van der Waals surface area contributed by atoms with Gasteiger partial charge in [0.1, 0.15) is 0 Å². The highest BCUT2D eigenvalue weighted by atomic mass is 32.2. The van der Waals surface area contributed by atoms with Gasteiger partial charge in [-0.1, -0.05) is 43.3 Å². The quantitative estimate of drug-likeness (QED) is 0.861. The maximum atomic E-state index is 12.1. The predicted molar refractivity (Wildman–Crippen MR) is 86.4 cm³/mol. The number of hydrogen-bond acceptors (Lipinski definition) is 3. The van der Waals surface area contributed by atoms with E-state index in [1.807, 2.05) is 24.3 Å². The number of nitrogens with two attached hydrogens (primary N) is 1. The molecule has 5 heteroatoms. The smallest absolute Gasteiger partial charge is 0.236 e. The van der Waals surface area contributed by atoms with Gasteiger partial charge in [-0.05, 0) is 35.2 Å². The van der Waals surface area contributed by atoms with Crippen LogP contribution >= 0.6 is 0 Å². The van der Waals surface area contributed by atoms with Gasteiger partial charge in [0, 0.05) is 12.2 Å². The summed E-state index contributed by atoms with van der Waals surface area (Å²) in [5.74, 6) is -0.0482. The molecular weight excluding hydrogens is 284 g/mol. The first-order chi connectivity index (χ1) is 10.0. The number of rotatable bonds is 6. The fourth-order valence-electron chi connectivity index (χ4n) is 2.02. The molecule has 0 aliphatic carbocycles. The van der Waals surface area contributed by atoms with E-state index >= 15 is 0 Å². The molecule has 4 nitrogen and oxygen atoms in total. The minimum absolute atomic E-state index is 0.0482. The van der Waals surface area contributed by atoms with Crippen LogP contribution in [0.4, 0.5) is 5.69 Å². The predicted octanol–water partition coefficient (Wildman–Crippen LogP) is 2.65. The maximum absolute atomic E-state index is 12.1. The normalized spacial score (nSPS) is 11.3. The van der Waals surface area contributed by atoms with Crippen LogP contribution in [0.15, 0.2) is 48.5 Å². The van der Waals surface area contributed by atoms with E-state index in [-0.39, 0.29) is 5.75 Å². The van der Waals surface area contributed by atoms with Crippen LogP contribution in [0, 0.1) is 0 Å². The standard InChI is InChI=1S/C16H20N2O2S/c1-2-13-7-9-16(10-8-13)18-21(19,20)12-15-5-3-14(11-17)4-6-15/h3-10,18H,2,11-12,17H2,1H3. The van der Waals surface area contributed by atoms with Crippen LogP contribution in [0.2, 0.25) is 0 Å². The van der Waals surface area contributed by atoms with Gasteiger partial charge < -0.3 is 5.73 Å². The molecule has 0 atom stereocenters. The average molecular weight is 304 g/mol. The molecule has 0 aliphatic heterocycles. The zero-order chi connectivity index (χ0) is 15.3. The highest BCUT2D eigenvalue weighted by molar-refractivity contribution is 7.91. The van der Waals surface area contributed by atoms with E-state index in [0.717, 1.165) is 17.5 Å². The molecule has 0 fully saturated rings. The molecule has 0 heterocycles. The fourth-order valence-corrected chi connectivity index (χ4v) is 3.21. The topological polar surface area (TPSA) is 72.2 Å².